The third kappa shape index (κ3) is 4.27. The van der Waals surface area contributed by atoms with Crippen molar-refractivity contribution < 1.29 is 4.39 Å². The van der Waals surface area contributed by atoms with Gasteiger partial charge in [-0.2, -0.15) is 0 Å². The number of benzene rings is 1. The summed E-state index contributed by atoms with van der Waals surface area (Å²) in [5, 5.41) is 0. The number of hydrogen-bond acceptors (Lipinski definition) is 2. The lowest BCUT2D eigenvalue weighted by Gasteiger charge is -2.37. The summed E-state index contributed by atoms with van der Waals surface area (Å²) >= 11 is 3.33. The first-order chi connectivity index (χ1) is 10.0. The lowest BCUT2D eigenvalue weighted by Crippen LogP contribution is -2.42. The number of rotatable bonds is 6. The standard InChI is InChI=1S/C17H26BrFN2/c1-12(2)11-21(14-5-3-4-6-14)17(10-20)15-8-7-13(18)9-16(15)19/h7-9,12,14,17H,3-6,10-11,20H2,1-2H3. The molecule has 1 aromatic carbocycles. The van der Waals surface area contributed by atoms with Gasteiger partial charge in [0.05, 0.1) is 6.04 Å². The van der Waals surface area contributed by atoms with Gasteiger partial charge >= 0.3 is 0 Å². The van der Waals surface area contributed by atoms with Crippen LogP contribution in [0.3, 0.4) is 0 Å². The van der Waals surface area contributed by atoms with Gasteiger partial charge in [0.15, 0.2) is 0 Å². The second-order valence-electron chi connectivity index (χ2n) is 6.45. The molecule has 1 atom stereocenters. The van der Waals surface area contributed by atoms with Crippen molar-refractivity contribution >= 4 is 15.9 Å². The molecule has 0 saturated heterocycles. The molecular weight excluding hydrogens is 331 g/mol. The fourth-order valence-electron chi connectivity index (χ4n) is 3.40. The molecule has 21 heavy (non-hydrogen) atoms. The van der Waals surface area contributed by atoms with E-state index in [9.17, 15) is 4.39 Å². The van der Waals surface area contributed by atoms with E-state index in [1.54, 1.807) is 6.07 Å². The normalized spacial score (nSPS) is 17.9. The van der Waals surface area contributed by atoms with Gasteiger partial charge < -0.3 is 5.73 Å². The fourth-order valence-corrected chi connectivity index (χ4v) is 3.73. The summed E-state index contributed by atoms with van der Waals surface area (Å²) in [6, 6.07) is 5.84. The van der Waals surface area contributed by atoms with Gasteiger partial charge in [0, 0.05) is 29.2 Å². The van der Waals surface area contributed by atoms with Crippen LogP contribution in [0.25, 0.3) is 0 Å². The molecule has 1 aliphatic rings. The zero-order valence-corrected chi connectivity index (χ0v) is 14.6. The van der Waals surface area contributed by atoms with E-state index < -0.39 is 0 Å². The van der Waals surface area contributed by atoms with Crippen molar-refractivity contribution in [2.24, 2.45) is 11.7 Å². The van der Waals surface area contributed by atoms with Crippen LogP contribution in [0, 0.1) is 11.7 Å². The first kappa shape index (κ1) is 16.9. The van der Waals surface area contributed by atoms with Crippen LogP contribution < -0.4 is 5.73 Å². The van der Waals surface area contributed by atoms with Gasteiger partial charge in [-0.3, -0.25) is 4.90 Å². The van der Waals surface area contributed by atoms with Gasteiger partial charge in [-0.15, -0.1) is 0 Å². The van der Waals surface area contributed by atoms with Crippen molar-refractivity contribution in [3.63, 3.8) is 0 Å². The molecule has 4 heteroatoms. The molecule has 0 aromatic heterocycles. The van der Waals surface area contributed by atoms with E-state index in [2.05, 4.69) is 34.7 Å². The predicted octanol–water partition coefficient (Wildman–Crippen LogP) is 4.49. The second-order valence-corrected chi connectivity index (χ2v) is 7.36. The molecule has 0 spiro atoms. The van der Waals surface area contributed by atoms with E-state index >= 15 is 0 Å². The van der Waals surface area contributed by atoms with Crippen molar-refractivity contribution in [2.75, 3.05) is 13.1 Å². The molecule has 2 N–H and O–H groups in total. The first-order valence-electron chi connectivity index (χ1n) is 7.93. The Labute approximate surface area is 136 Å². The van der Waals surface area contributed by atoms with Crippen LogP contribution in [0.5, 0.6) is 0 Å². The second kappa shape index (κ2) is 7.70. The molecule has 0 bridgehead atoms. The van der Waals surface area contributed by atoms with E-state index in [0.29, 0.717) is 18.5 Å². The van der Waals surface area contributed by atoms with Crippen LogP contribution in [-0.4, -0.2) is 24.0 Å². The lowest BCUT2D eigenvalue weighted by molar-refractivity contribution is 0.119. The minimum atomic E-state index is -0.161. The van der Waals surface area contributed by atoms with E-state index in [4.69, 9.17) is 5.73 Å². The molecule has 1 aromatic rings. The molecule has 2 rings (SSSR count). The SMILES string of the molecule is CC(C)CN(C1CCCC1)C(CN)c1ccc(Br)cc1F. The van der Waals surface area contributed by atoms with Crippen molar-refractivity contribution in [3.05, 3.63) is 34.1 Å². The van der Waals surface area contributed by atoms with Crippen molar-refractivity contribution in [2.45, 2.75) is 51.6 Å². The van der Waals surface area contributed by atoms with Crippen LogP contribution in [0.4, 0.5) is 4.39 Å². The Morgan fingerprint density at radius 1 is 1.33 bits per heavy atom. The number of halogens is 2. The summed E-state index contributed by atoms with van der Waals surface area (Å²) in [7, 11) is 0. The van der Waals surface area contributed by atoms with Gasteiger partial charge in [0.2, 0.25) is 0 Å². The Morgan fingerprint density at radius 2 is 2.00 bits per heavy atom. The molecule has 0 aliphatic heterocycles. The summed E-state index contributed by atoms with van der Waals surface area (Å²) in [5.74, 6) is 0.393. The first-order valence-corrected chi connectivity index (χ1v) is 8.73. The zero-order valence-electron chi connectivity index (χ0n) is 13.0. The highest BCUT2D eigenvalue weighted by molar-refractivity contribution is 9.10. The van der Waals surface area contributed by atoms with Crippen molar-refractivity contribution in [1.29, 1.82) is 0 Å². The Morgan fingerprint density at radius 3 is 2.52 bits per heavy atom. The maximum Gasteiger partial charge on any atom is 0.129 e. The minimum absolute atomic E-state index is 0.0244. The zero-order chi connectivity index (χ0) is 15.4. The lowest BCUT2D eigenvalue weighted by atomic mass is 10.00. The molecule has 1 saturated carbocycles. The average Bonchev–Trinajstić information content (AvgIpc) is 2.94. The third-order valence-electron chi connectivity index (χ3n) is 4.31. The highest BCUT2D eigenvalue weighted by Crippen LogP contribution is 2.33. The van der Waals surface area contributed by atoms with Gasteiger partial charge in [0.1, 0.15) is 5.82 Å². The van der Waals surface area contributed by atoms with E-state index in [1.807, 2.05) is 12.1 Å². The smallest absolute Gasteiger partial charge is 0.129 e. The molecule has 0 heterocycles. The highest BCUT2D eigenvalue weighted by atomic mass is 79.9. The summed E-state index contributed by atoms with van der Waals surface area (Å²) in [6.07, 6.45) is 4.97. The third-order valence-corrected chi connectivity index (χ3v) is 4.81. The fraction of sp³-hybridized carbons (Fsp3) is 0.647. The van der Waals surface area contributed by atoms with Crippen LogP contribution >= 0.6 is 15.9 Å². The van der Waals surface area contributed by atoms with Gasteiger partial charge in [0.25, 0.3) is 0 Å². The van der Waals surface area contributed by atoms with Crippen molar-refractivity contribution in [1.82, 2.24) is 4.90 Å². The molecule has 2 nitrogen and oxygen atoms in total. The predicted molar refractivity (Wildman–Crippen MR) is 89.7 cm³/mol. The molecular formula is C17H26BrFN2. The maximum atomic E-state index is 14.4. The Kier molecular flexibility index (Phi) is 6.20. The quantitative estimate of drug-likeness (QED) is 0.813. The average molecular weight is 357 g/mol. The summed E-state index contributed by atoms with van der Waals surface area (Å²) < 4.78 is 15.1. The van der Waals surface area contributed by atoms with E-state index in [-0.39, 0.29) is 11.9 Å². The number of nitrogens with two attached hydrogens (primary N) is 1. The summed E-state index contributed by atoms with van der Waals surface area (Å²) in [6.45, 7) is 5.87. The van der Waals surface area contributed by atoms with E-state index in [0.717, 1.165) is 16.6 Å². The monoisotopic (exact) mass is 356 g/mol. The van der Waals surface area contributed by atoms with Crippen molar-refractivity contribution in [3.8, 4) is 0 Å². The summed E-state index contributed by atoms with van der Waals surface area (Å²) in [5.41, 5.74) is 6.77. The Hall–Kier alpha value is -0.450. The molecule has 118 valence electrons. The molecule has 0 amide bonds. The molecule has 1 unspecified atom stereocenters. The van der Waals surface area contributed by atoms with Crippen LogP contribution in [0.2, 0.25) is 0 Å². The molecule has 0 radical (unpaired) electrons. The van der Waals surface area contributed by atoms with Crippen LogP contribution in [0.1, 0.15) is 51.1 Å². The van der Waals surface area contributed by atoms with E-state index in [1.165, 1.54) is 25.7 Å². The Balaban J connectivity index is 2.29. The Bertz CT molecular complexity index is 458. The van der Waals surface area contributed by atoms with Gasteiger partial charge in [-0.25, -0.2) is 4.39 Å². The maximum absolute atomic E-state index is 14.4. The summed E-state index contributed by atoms with van der Waals surface area (Å²) in [4.78, 5) is 2.45. The number of nitrogens with zero attached hydrogens (tertiary/aromatic N) is 1. The van der Waals surface area contributed by atoms with Gasteiger partial charge in [-0.1, -0.05) is 48.7 Å². The van der Waals surface area contributed by atoms with Gasteiger partial charge in [-0.05, 0) is 30.9 Å². The largest absolute Gasteiger partial charge is 0.329 e. The van der Waals surface area contributed by atoms with Crippen LogP contribution in [-0.2, 0) is 0 Å². The molecule has 1 fully saturated rings. The number of hydrogen-bond donors (Lipinski definition) is 1. The van der Waals surface area contributed by atoms with Crippen LogP contribution in [0.15, 0.2) is 22.7 Å². The topological polar surface area (TPSA) is 29.3 Å². The highest BCUT2D eigenvalue weighted by Gasteiger charge is 2.30. The minimum Gasteiger partial charge on any atom is -0.329 e. The molecule has 1 aliphatic carbocycles.